The highest BCUT2D eigenvalue weighted by Crippen LogP contribution is 2.28. The van der Waals surface area contributed by atoms with Crippen LogP contribution in [0, 0.1) is 5.82 Å². The Hall–Kier alpha value is -3.83. The summed E-state index contributed by atoms with van der Waals surface area (Å²) in [4.78, 5) is 36.6. The topological polar surface area (TPSA) is 107 Å². The fourth-order valence-corrected chi connectivity index (χ4v) is 4.95. The fourth-order valence-electron chi connectivity index (χ4n) is 4.95. The summed E-state index contributed by atoms with van der Waals surface area (Å²) in [6, 6.07) is 6.02. The van der Waals surface area contributed by atoms with Crippen molar-refractivity contribution in [3.63, 3.8) is 0 Å². The molecule has 11 heteroatoms. The van der Waals surface area contributed by atoms with Crippen LogP contribution in [-0.2, 0) is 25.5 Å². The van der Waals surface area contributed by atoms with E-state index in [0.29, 0.717) is 56.4 Å². The third-order valence-electron chi connectivity index (χ3n) is 7.52. The van der Waals surface area contributed by atoms with Gasteiger partial charge in [-0.25, -0.2) is 14.4 Å². The van der Waals surface area contributed by atoms with Crippen LogP contribution in [0.25, 0.3) is 5.70 Å². The molecule has 10 nitrogen and oxygen atoms in total. The van der Waals surface area contributed by atoms with Crippen LogP contribution in [0.3, 0.4) is 0 Å². The van der Waals surface area contributed by atoms with E-state index in [1.54, 1.807) is 27.7 Å². The number of hydrogen-bond acceptors (Lipinski definition) is 7. The number of aliphatic imine (C=N–C) groups is 1. The predicted molar refractivity (Wildman–Crippen MR) is 163 cm³/mol. The largest absolute Gasteiger partial charge is 0.489 e. The zero-order valence-electron chi connectivity index (χ0n) is 25.1. The molecule has 2 fully saturated rings. The molecule has 2 aliphatic rings. The minimum Gasteiger partial charge on any atom is -0.489 e. The number of allylic oxidation sites excluding steroid dienone is 2. The van der Waals surface area contributed by atoms with E-state index in [2.05, 4.69) is 21.9 Å². The summed E-state index contributed by atoms with van der Waals surface area (Å²) in [7, 11) is 0. The lowest BCUT2D eigenvalue weighted by Crippen LogP contribution is -2.35. The monoisotopic (exact) mass is 595 g/mol. The van der Waals surface area contributed by atoms with Gasteiger partial charge in [0.05, 0.1) is 18.9 Å². The molecular weight excluding hydrogens is 553 g/mol. The summed E-state index contributed by atoms with van der Waals surface area (Å²) < 4.78 is 32.7. The van der Waals surface area contributed by atoms with Crippen LogP contribution in [0.4, 0.5) is 10.2 Å². The van der Waals surface area contributed by atoms with E-state index in [1.165, 1.54) is 18.3 Å². The number of benzene rings is 1. The number of carbonyl (C=O) groups excluding carboxylic acids is 2. The number of nitrogens with zero attached hydrogens (tertiary/aromatic N) is 4. The van der Waals surface area contributed by atoms with Crippen LogP contribution >= 0.6 is 0 Å². The van der Waals surface area contributed by atoms with Crippen molar-refractivity contribution in [2.75, 3.05) is 31.6 Å². The van der Waals surface area contributed by atoms with Crippen LogP contribution in [0.2, 0.25) is 0 Å². The van der Waals surface area contributed by atoms with Crippen molar-refractivity contribution in [1.29, 1.82) is 0 Å². The maximum absolute atomic E-state index is 14.1. The first-order chi connectivity index (χ1) is 20.9. The SMILES string of the molecule is C=C(/C=N\C(=C/C)c1nc(NC=O)c(C(=O)N(CC)CCCOC2CCCCO2)n1Cc1ccc(F)cc1)OC1CCC1. The normalized spacial score (nSPS) is 17.5. The number of carbonyl (C=O) groups is 2. The fraction of sp³-hybridized carbons (Fsp3) is 0.500. The molecule has 1 saturated carbocycles. The van der Waals surface area contributed by atoms with E-state index in [1.807, 2.05) is 13.8 Å². The molecule has 1 aliphatic carbocycles. The molecule has 1 aliphatic heterocycles. The summed E-state index contributed by atoms with van der Waals surface area (Å²) in [5.74, 6) is 0.235. The standard InChI is InChI=1S/C32H42FN5O5/c1-4-27(34-20-23(3)43-26-10-8-11-26)31-36-30(35-22-39)29(38(31)21-24-13-15-25(33)16-14-24)32(40)37(5-2)17-9-19-42-28-12-6-7-18-41-28/h4,13-16,20,22,26,28H,3,5-12,17-19,21H2,1-2H3,(H,35,39)/b27-4-,34-20-. The van der Waals surface area contributed by atoms with Crippen LogP contribution < -0.4 is 5.32 Å². The van der Waals surface area contributed by atoms with Gasteiger partial charge in [0.1, 0.15) is 17.3 Å². The number of anilines is 1. The second-order valence-electron chi connectivity index (χ2n) is 10.6. The smallest absolute Gasteiger partial charge is 0.274 e. The van der Waals surface area contributed by atoms with Crippen molar-refractivity contribution in [3.05, 3.63) is 65.6 Å². The molecule has 0 radical (unpaired) electrons. The van der Waals surface area contributed by atoms with Gasteiger partial charge in [-0.05, 0) is 76.5 Å². The van der Waals surface area contributed by atoms with Crippen molar-refractivity contribution in [2.45, 2.75) is 77.7 Å². The zero-order chi connectivity index (χ0) is 30.6. The highest BCUT2D eigenvalue weighted by atomic mass is 19.1. The van der Waals surface area contributed by atoms with Gasteiger partial charge in [0.25, 0.3) is 5.91 Å². The molecule has 0 bridgehead atoms. The van der Waals surface area contributed by atoms with Gasteiger partial charge in [0.15, 0.2) is 23.6 Å². The van der Waals surface area contributed by atoms with Crippen LogP contribution in [0.1, 0.15) is 80.7 Å². The maximum atomic E-state index is 14.1. The second-order valence-corrected chi connectivity index (χ2v) is 10.6. The molecule has 2 aromatic rings. The van der Waals surface area contributed by atoms with Crippen LogP contribution in [0.15, 0.2) is 47.7 Å². The molecule has 0 spiro atoms. The lowest BCUT2D eigenvalue weighted by Gasteiger charge is -2.26. The van der Waals surface area contributed by atoms with Crippen molar-refractivity contribution in [3.8, 4) is 0 Å². The van der Waals surface area contributed by atoms with Gasteiger partial charge in [-0.1, -0.05) is 24.8 Å². The second kappa shape index (κ2) is 16.1. The third-order valence-corrected chi connectivity index (χ3v) is 7.52. The quantitative estimate of drug-likeness (QED) is 0.118. The number of nitrogens with one attached hydrogen (secondary N) is 1. The highest BCUT2D eigenvalue weighted by molar-refractivity contribution is 6.00. The molecular formula is C32H42FN5O5. The number of aromatic nitrogens is 2. The summed E-state index contributed by atoms with van der Waals surface area (Å²) in [5.41, 5.74) is 1.40. The van der Waals surface area contributed by atoms with Crippen LogP contribution in [0.5, 0.6) is 0 Å². The van der Waals surface area contributed by atoms with Gasteiger partial charge < -0.3 is 29.0 Å². The van der Waals surface area contributed by atoms with E-state index in [4.69, 9.17) is 14.2 Å². The van der Waals surface area contributed by atoms with Crippen molar-refractivity contribution in [2.24, 2.45) is 4.99 Å². The zero-order valence-corrected chi connectivity index (χ0v) is 25.1. The van der Waals surface area contributed by atoms with Gasteiger partial charge in [-0.2, -0.15) is 0 Å². The van der Waals surface area contributed by atoms with Gasteiger partial charge in [-0.3, -0.25) is 9.59 Å². The molecule has 2 amide bonds. The van der Waals surface area contributed by atoms with E-state index in [0.717, 1.165) is 44.1 Å². The van der Waals surface area contributed by atoms with Crippen molar-refractivity contribution < 1.29 is 28.2 Å². The number of hydrogen-bond donors (Lipinski definition) is 1. The molecule has 1 saturated heterocycles. The molecule has 232 valence electrons. The van der Waals surface area contributed by atoms with Crippen LogP contribution in [-0.4, -0.2) is 71.7 Å². The van der Waals surface area contributed by atoms with E-state index in [-0.39, 0.29) is 42.2 Å². The number of ether oxygens (including phenoxy) is 3. The van der Waals surface area contributed by atoms with E-state index < -0.39 is 0 Å². The van der Waals surface area contributed by atoms with Gasteiger partial charge in [-0.15, -0.1) is 0 Å². The lowest BCUT2D eigenvalue weighted by atomic mass is 9.96. The van der Waals surface area contributed by atoms with E-state index >= 15 is 0 Å². The summed E-state index contributed by atoms with van der Waals surface area (Å²) in [6.45, 7) is 9.88. The number of rotatable bonds is 16. The first-order valence-electron chi connectivity index (χ1n) is 15.1. The number of imidazole rings is 1. The predicted octanol–water partition coefficient (Wildman–Crippen LogP) is 5.55. The number of amides is 2. The molecule has 1 unspecified atom stereocenters. The number of halogens is 1. The van der Waals surface area contributed by atoms with Crippen molar-refractivity contribution >= 4 is 30.0 Å². The third kappa shape index (κ3) is 8.84. The molecule has 1 aromatic carbocycles. The molecule has 4 rings (SSSR count). The molecule has 1 N–H and O–H groups in total. The maximum Gasteiger partial charge on any atom is 0.274 e. The minimum atomic E-state index is -0.365. The first-order valence-corrected chi connectivity index (χ1v) is 15.1. The Kier molecular flexibility index (Phi) is 12.0. The molecule has 1 atom stereocenters. The van der Waals surface area contributed by atoms with Gasteiger partial charge in [0, 0.05) is 26.2 Å². The van der Waals surface area contributed by atoms with Gasteiger partial charge >= 0.3 is 0 Å². The summed E-state index contributed by atoms with van der Waals surface area (Å²) in [6.07, 6.45) is 10.5. The minimum absolute atomic E-state index is 0.113. The Morgan fingerprint density at radius 1 is 1.26 bits per heavy atom. The molecule has 2 heterocycles. The van der Waals surface area contributed by atoms with E-state index in [9.17, 15) is 14.0 Å². The first kappa shape index (κ1) is 32.1. The average molecular weight is 596 g/mol. The Morgan fingerprint density at radius 2 is 2.05 bits per heavy atom. The Balaban J connectivity index is 1.61. The highest BCUT2D eigenvalue weighted by Gasteiger charge is 2.28. The van der Waals surface area contributed by atoms with Crippen molar-refractivity contribution in [1.82, 2.24) is 14.5 Å². The average Bonchev–Trinajstić information content (AvgIpc) is 3.34. The van der Waals surface area contributed by atoms with Gasteiger partial charge in [0.2, 0.25) is 6.41 Å². The summed E-state index contributed by atoms with van der Waals surface area (Å²) in [5, 5.41) is 2.60. The summed E-state index contributed by atoms with van der Waals surface area (Å²) >= 11 is 0. The Labute approximate surface area is 252 Å². The Bertz CT molecular complexity index is 1300. The molecule has 1 aromatic heterocycles. The molecule has 43 heavy (non-hydrogen) atoms. The lowest BCUT2D eigenvalue weighted by molar-refractivity contribution is -0.162. The Morgan fingerprint density at radius 3 is 2.67 bits per heavy atom.